The van der Waals surface area contributed by atoms with Gasteiger partial charge >= 0.3 is 0 Å². The molecule has 3 aromatic carbocycles. The van der Waals surface area contributed by atoms with Crippen LogP contribution in [0.2, 0.25) is 0 Å². The Bertz CT molecular complexity index is 1100. The molecular formula is C25H24FN3O2. The van der Waals surface area contributed by atoms with Crippen LogP contribution in [0.1, 0.15) is 32.7 Å². The molecule has 1 saturated heterocycles. The molecular weight excluding hydrogens is 393 g/mol. The summed E-state index contributed by atoms with van der Waals surface area (Å²) in [5, 5.41) is 6.19. The number of rotatable bonds is 5. The lowest BCUT2D eigenvalue weighted by molar-refractivity contribution is 0.0791. The zero-order valence-electron chi connectivity index (χ0n) is 17.3. The van der Waals surface area contributed by atoms with E-state index in [4.69, 9.17) is 0 Å². The van der Waals surface area contributed by atoms with E-state index in [-0.39, 0.29) is 17.5 Å². The van der Waals surface area contributed by atoms with Crippen molar-refractivity contribution in [3.8, 4) is 0 Å². The normalized spacial score (nSPS) is 15.5. The Morgan fingerprint density at radius 2 is 1.74 bits per heavy atom. The zero-order chi connectivity index (χ0) is 21.8. The predicted molar refractivity (Wildman–Crippen MR) is 120 cm³/mol. The number of para-hydroxylation sites is 1. The first-order chi connectivity index (χ1) is 15.0. The number of nitrogens with one attached hydrogen (secondary N) is 2. The summed E-state index contributed by atoms with van der Waals surface area (Å²) in [4.78, 5) is 27.3. The third-order valence-corrected chi connectivity index (χ3v) is 5.47. The van der Waals surface area contributed by atoms with E-state index in [0.717, 1.165) is 17.7 Å². The maximum absolute atomic E-state index is 13.9. The molecule has 2 N–H and O–H groups in total. The molecule has 0 saturated carbocycles. The lowest BCUT2D eigenvalue weighted by Gasteiger charge is -2.19. The third kappa shape index (κ3) is 4.74. The lowest BCUT2D eigenvalue weighted by Crippen LogP contribution is -2.31. The summed E-state index contributed by atoms with van der Waals surface area (Å²) in [6.07, 6.45) is 0.864. The molecule has 6 heteroatoms. The van der Waals surface area contributed by atoms with Gasteiger partial charge < -0.3 is 15.5 Å². The molecule has 4 rings (SSSR count). The fourth-order valence-corrected chi connectivity index (χ4v) is 3.74. The minimum absolute atomic E-state index is 0.0343. The van der Waals surface area contributed by atoms with Crippen molar-refractivity contribution in [2.45, 2.75) is 19.4 Å². The third-order valence-electron chi connectivity index (χ3n) is 5.47. The molecule has 5 nitrogen and oxygen atoms in total. The van der Waals surface area contributed by atoms with Crippen molar-refractivity contribution in [3.63, 3.8) is 0 Å². The second-order valence-electron chi connectivity index (χ2n) is 7.71. The van der Waals surface area contributed by atoms with Crippen LogP contribution < -0.4 is 10.6 Å². The van der Waals surface area contributed by atoms with Gasteiger partial charge in [-0.2, -0.15) is 0 Å². The molecule has 158 valence electrons. The van der Waals surface area contributed by atoms with Crippen LogP contribution in [0, 0.1) is 12.7 Å². The Morgan fingerprint density at radius 1 is 1.00 bits per heavy atom. The Balaban J connectivity index is 1.45. The van der Waals surface area contributed by atoms with Gasteiger partial charge in [0.15, 0.2) is 0 Å². The van der Waals surface area contributed by atoms with Crippen molar-refractivity contribution in [2.24, 2.45) is 0 Å². The summed E-state index contributed by atoms with van der Waals surface area (Å²) in [5.74, 6) is -1.21. The second kappa shape index (κ2) is 9.00. The largest absolute Gasteiger partial charge is 0.380 e. The van der Waals surface area contributed by atoms with Gasteiger partial charge in [0, 0.05) is 36.1 Å². The fraction of sp³-hybridized carbons (Fsp3) is 0.200. The van der Waals surface area contributed by atoms with Crippen LogP contribution in [0.5, 0.6) is 0 Å². The van der Waals surface area contributed by atoms with Crippen LogP contribution in [0.15, 0.2) is 72.8 Å². The van der Waals surface area contributed by atoms with Crippen LogP contribution in [0.3, 0.4) is 0 Å². The van der Waals surface area contributed by atoms with Crippen LogP contribution in [-0.4, -0.2) is 35.8 Å². The van der Waals surface area contributed by atoms with Gasteiger partial charge in [-0.15, -0.1) is 0 Å². The molecule has 2 amide bonds. The topological polar surface area (TPSA) is 61.4 Å². The fourth-order valence-electron chi connectivity index (χ4n) is 3.74. The van der Waals surface area contributed by atoms with Gasteiger partial charge in [0.1, 0.15) is 5.82 Å². The molecule has 1 heterocycles. The van der Waals surface area contributed by atoms with Crippen LogP contribution in [0.25, 0.3) is 0 Å². The zero-order valence-corrected chi connectivity index (χ0v) is 17.3. The SMILES string of the molecule is Cc1ccc(C(=O)N2CCC(Nc3ccccc3)C2)cc1NC(=O)c1ccccc1F. The summed E-state index contributed by atoms with van der Waals surface area (Å²) in [7, 11) is 0. The number of aryl methyl sites for hydroxylation is 1. The number of halogens is 1. The van der Waals surface area contributed by atoms with E-state index >= 15 is 0 Å². The lowest BCUT2D eigenvalue weighted by atomic mass is 10.1. The first kappa shape index (κ1) is 20.6. The van der Waals surface area contributed by atoms with Gasteiger partial charge in [-0.3, -0.25) is 9.59 Å². The molecule has 1 aliphatic heterocycles. The molecule has 0 radical (unpaired) electrons. The maximum atomic E-state index is 13.9. The molecule has 0 bridgehead atoms. The molecule has 1 atom stereocenters. The Morgan fingerprint density at radius 3 is 2.52 bits per heavy atom. The summed E-state index contributed by atoms with van der Waals surface area (Å²) in [6.45, 7) is 3.10. The van der Waals surface area contributed by atoms with Crippen molar-refractivity contribution >= 4 is 23.2 Å². The predicted octanol–water partition coefficient (Wildman–Crippen LogP) is 4.71. The van der Waals surface area contributed by atoms with Crippen molar-refractivity contribution in [2.75, 3.05) is 23.7 Å². The summed E-state index contributed by atoms with van der Waals surface area (Å²) in [6, 6.07) is 21.2. The number of carbonyl (C=O) groups is 2. The van der Waals surface area contributed by atoms with Crippen LogP contribution >= 0.6 is 0 Å². The quantitative estimate of drug-likeness (QED) is 0.632. The summed E-state index contributed by atoms with van der Waals surface area (Å²) in [5.41, 5.74) is 2.79. The molecule has 0 spiro atoms. The second-order valence-corrected chi connectivity index (χ2v) is 7.71. The highest BCUT2D eigenvalue weighted by atomic mass is 19.1. The van der Waals surface area contributed by atoms with Gasteiger partial charge in [-0.05, 0) is 55.3 Å². The van der Waals surface area contributed by atoms with E-state index in [1.807, 2.05) is 42.2 Å². The first-order valence-electron chi connectivity index (χ1n) is 10.3. The van der Waals surface area contributed by atoms with E-state index < -0.39 is 11.7 Å². The monoisotopic (exact) mass is 417 g/mol. The number of carbonyl (C=O) groups excluding carboxylic acids is 2. The van der Waals surface area contributed by atoms with Gasteiger partial charge in [0.2, 0.25) is 0 Å². The summed E-state index contributed by atoms with van der Waals surface area (Å²) >= 11 is 0. The van der Waals surface area contributed by atoms with Crippen molar-refractivity contribution in [3.05, 3.63) is 95.3 Å². The van der Waals surface area contributed by atoms with Crippen LogP contribution in [-0.2, 0) is 0 Å². The molecule has 0 aliphatic carbocycles. The summed E-state index contributed by atoms with van der Waals surface area (Å²) < 4.78 is 13.9. The van der Waals surface area contributed by atoms with Gasteiger partial charge in [0.25, 0.3) is 11.8 Å². The molecule has 31 heavy (non-hydrogen) atoms. The number of amides is 2. The Kier molecular flexibility index (Phi) is 5.98. The minimum atomic E-state index is -0.584. The van der Waals surface area contributed by atoms with E-state index in [1.165, 1.54) is 18.2 Å². The average Bonchev–Trinajstić information content (AvgIpc) is 3.24. The van der Waals surface area contributed by atoms with Crippen molar-refractivity contribution in [1.29, 1.82) is 0 Å². The van der Waals surface area contributed by atoms with Crippen molar-refractivity contribution in [1.82, 2.24) is 4.90 Å². The average molecular weight is 417 g/mol. The van der Waals surface area contributed by atoms with E-state index in [2.05, 4.69) is 10.6 Å². The molecule has 1 unspecified atom stereocenters. The van der Waals surface area contributed by atoms with Gasteiger partial charge in [0.05, 0.1) is 5.56 Å². The highest BCUT2D eigenvalue weighted by Crippen LogP contribution is 2.22. The Hall–Kier alpha value is -3.67. The number of benzene rings is 3. The smallest absolute Gasteiger partial charge is 0.258 e. The number of likely N-dealkylation sites (tertiary alicyclic amines) is 1. The molecule has 0 aromatic heterocycles. The minimum Gasteiger partial charge on any atom is -0.380 e. The number of hydrogen-bond donors (Lipinski definition) is 2. The molecule has 1 aliphatic rings. The standard InChI is InChI=1S/C25H24FN3O2/c1-17-11-12-18(15-23(17)28-24(30)21-9-5-6-10-22(21)26)25(31)29-14-13-20(16-29)27-19-7-3-2-4-8-19/h2-12,15,20,27H,13-14,16H2,1H3,(H,28,30). The highest BCUT2D eigenvalue weighted by molar-refractivity contribution is 6.05. The number of anilines is 2. The molecule has 3 aromatic rings. The van der Waals surface area contributed by atoms with Crippen molar-refractivity contribution < 1.29 is 14.0 Å². The first-order valence-corrected chi connectivity index (χ1v) is 10.3. The Labute approximate surface area is 180 Å². The molecule has 1 fully saturated rings. The van der Waals surface area contributed by atoms with Gasteiger partial charge in [-0.25, -0.2) is 4.39 Å². The maximum Gasteiger partial charge on any atom is 0.258 e. The van der Waals surface area contributed by atoms with E-state index in [9.17, 15) is 14.0 Å². The number of hydrogen-bond acceptors (Lipinski definition) is 3. The van der Waals surface area contributed by atoms with E-state index in [1.54, 1.807) is 24.3 Å². The number of nitrogens with zero attached hydrogens (tertiary/aromatic N) is 1. The highest BCUT2D eigenvalue weighted by Gasteiger charge is 2.27. The van der Waals surface area contributed by atoms with Gasteiger partial charge in [-0.1, -0.05) is 36.4 Å². The van der Waals surface area contributed by atoms with E-state index in [0.29, 0.717) is 24.3 Å². The van der Waals surface area contributed by atoms with Crippen LogP contribution in [0.4, 0.5) is 15.8 Å².